The van der Waals surface area contributed by atoms with Gasteiger partial charge in [-0.1, -0.05) is 30.3 Å². The smallest absolute Gasteiger partial charge is 0.237 e. The van der Waals surface area contributed by atoms with Gasteiger partial charge in [-0.3, -0.25) is 9.62 Å². The van der Waals surface area contributed by atoms with Crippen LogP contribution in [0, 0.1) is 5.82 Å². The number of sulfonamides is 1. The van der Waals surface area contributed by atoms with Crippen LogP contribution in [-0.2, 0) is 28.9 Å². The average Bonchev–Trinajstić information content (AvgIpc) is 2.95. The summed E-state index contributed by atoms with van der Waals surface area (Å²) in [6.45, 7) is 5.77. The second-order valence-corrected chi connectivity index (χ2v) is 8.12. The van der Waals surface area contributed by atoms with Crippen molar-refractivity contribution < 1.29 is 12.8 Å². The van der Waals surface area contributed by atoms with E-state index in [1.54, 1.807) is 18.2 Å². The molecule has 0 bridgehead atoms. The summed E-state index contributed by atoms with van der Waals surface area (Å²) in [5, 5.41) is 0. The van der Waals surface area contributed by atoms with Gasteiger partial charge in [0.2, 0.25) is 10.0 Å². The molecule has 0 fully saturated rings. The van der Waals surface area contributed by atoms with Crippen molar-refractivity contribution in [2.45, 2.75) is 38.7 Å². The van der Waals surface area contributed by atoms with E-state index in [4.69, 9.17) is 0 Å². The molecule has 24 heavy (non-hydrogen) atoms. The number of halogens is 1. The summed E-state index contributed by atoms with van der Waals surface area (Å²) in [4.78, 5) is 2.28. The standard InChI is InChI=1S/C18H21FN2O2S/c1-13(2)21-10-14-7-5-9-18(16(14)11-21)20-24(22,23)12-15-6-3-4-8-17(15)19/h3-9,13,20H,10-12H2,1-2H3. The van der Waals surface area contributed by atoms with Gasteiger partial charge in [0.1, 0.15) is 5.82 Å². The molecule has 0 spiro atoms. The fourth-order valence-corrected chi connectivity index (χ4v) is 4.17. The molecule has 1 aliphatic heterocycles. The average molecular weight is 348 g/mol. The molecule has 0 radical (unpaired) electrons. The van der Waals surface area contributed by atoms with E-state index in [2.05, 4.69) is 23.5 Å². The van der Waals surface area contributed by atoms with Crippen LogP contribution < -0.4 is 4.72 Å². The van der Waals surface area contributed by atoms with E-state index < -0.39 is 15.8 Å². The number of nitrogens with one attached hydrogen (secondary N) is 1. The summed E-state index contributed by atoms with van der Waals surface area (Å²) in [5.74, 6) is -0.885. The molecule has 0 saturated carbocycles. The molecule has 1 N–H and O–H groups in total. The molecule has 1 heterocycles. The third-order valence-corrected chi connectivity index (χ3v) is 5.53. The zero-order chi connectivity index (χ0) is 17.3. The number of anilines is 1. The Bertz CT molecular complexity index is 850. The highest BCUT2D eigenvalue weighted by atomic mass is 32.2. The minimum absolute atomic E-state index is 0.168. The second-order valence-electron chi connectivity index (χ2n) is 6.39. The molecule has 0 unspecified atom stereocenters. The summed E-state index contributed by atoms with van der Waals surface area (Å²) in [7, 11) is -3.68. The first-order valence-electron chi connectivity index (χ1n) is 7.94. The Morgan fingerprint density at radius 1 is 1.12 bits per heavy atom. The first kappa shape index (κ1) is 16.9. The molecule has 2 aromatic carbocycles. The maximum atomic E-state index is 13.7. The van der Waals surface area contributed by atoms with Crippen molar-refractivity contribution in [3.63, 3.8) is 0 Å². The largest absolute Gasteiger partial charge is 0.292 e. The number of fused-ring (bicyclic) bond motifs is 1. The van der Waals surface area contributed by atoms with Crippen LogP contribution in [0.5, 0.6) is 0 Å². The van der Waals surface area contributed by atoms with E-state index >= 15 is 0 Å². The van der Waals surface area contributed by atoms with Crippen LogP contribution in [0.2, 0.25) is 0 Å². The number of benzene rings is 2. The first-order valence-corrected chi connectivity index (χ1v) is 9.59. The summed E-state index contributed by atoms with van der Waals surface area (Å²) < 4.78 is 41.2. The van der Waals surface area contributed by atoms with Gasteiger partial charge < -0.3 is 0 Å². The highest BCUT2D eigenvalue weighted by molar-refractivity contribution is 7.91. The van der Waals surface area contributed by atoms with Gasteiger partial charge in [0, 0.05) is 24.7 Å². The predicted octanol–water partition coefficient (Wildman–Crippen LogP) is 3.49. The minimum atomic E-state index is -3.68. The molecule has 0 amide bonds. The summed E-state index contributed by atoms with van der Waals surface area (Å²) in [5.41, 5.74) is 2.89. The highest BCUT2D eigenvalue weighted by Gasteiger charge is 2.25. The van der Waals surface area contributed by atoms with Crippen molar-refractivity contribution >= 4 is 15.7 Å². The van der Waals surface area contributed by atoms with E-state index in [1.807, 2.05) is 12.1 Å². The van der Waals surface area contributed by atoms with E-state index in [1.165, 1.54) is 12.1 Å². The van der Waals surface area contributed by atoms with Crippen molar-refractivity contribution in [3.8, 4) is 0 Å². The van der Waals surface area contributed by atoms with Gasteiger partial charge in [0.05, 0.1) is 11.4 Å². The van der Waals surface area contributed by atoms with E-state index in [-0.39, 0.29) is 11.3 Å². The zero-order valence-electron chi connectivity index (χ0n) is 13.8. The van der Waals surface area contributed by atoms with Crippen LogP contribution in [0.25, 0.3) is 0 Å². The Balaban J connectivity index is 1.82. The number of hydrogen-bond donors (Lipinski definition) is 1. The van der Waals surface area contributed by atoms with Gasteiger partial charge in [-0.05, 0) is 37.1 Å². The zero-order valence-corrected chi connectivity index (χ0v) is 14.6. The fraction of sp³-hybridized carbons (Fsp3) is 0.333. The fourth-order valence-electron chi connectivity index (χ4n) is 2.93. The van der Waals surface area contributed by atoms with Gasteiger partial charge in [0.15, 0.2) is 0 Å². The van der Waals surface area contributed by atoms with Crippen molar-refractivity contribution in [1.29, 1.82) is 0 Å². The van der Waals surface area contributed by atoms with E-state index in [0.717, 1.165) is 17.7 Å². The van der Waals surface area contributed by atoms with Crippen molar-refractivity contribution in [3.05, 3.63) is 65.0 Å². The van der Waals surface area contributed by atoms with Crippen molar-refractivity contribution in [2.24, 2.45) is 0 Å². The number of rotatable bonds is 5. The molecule has 0 aliphatic carbocycles. The summed E-state index contributed by atoms with van der Waals surface area (Å²) in [6, 6.07) is 12.0. The Labute approximate surface area is 142 Å². The predicted molar refractivity (Wildman–Crippen MR) is 93.5 cm³/mol. The first-order chi connectivity index (χ1) is 11.4. The third kappa shape index (κ3) is 3.60. The second kappa shape index (κ2) is 6.53. The molecule has 0 saturated heterocycles. The molecule has 0 atom stereocenters. The van der Waals surface area contributed by atoms with Crippen molar-refractivity contribution in [2.75, 3.05) is 4.72 Å². The number of hydrogen-bond acceptors (Lipinski definition) is 3. The summed E-state index contributed by atoms with van der Waals surface area (Å²) in [6.07, 6.45) is 0. The molecule has 128 valence electrons. The highest BCUT2D eigenvalue weighted by Crippen LogP contribution is 2.31. The molecule has 6 heteroatoms. The Morgan fingerprint density at radius 3 is 2.58 bits per heavy atom. The monoisotopic (exact) mass is 348 g/mol. The van der Waals surface area contributed by atoms with Gasteiger partial charge in [-0.25, -0.2) is 12.8 Å². The molecule has 2 aromatic rings. The van der Waals surface area contributed by atoms with Crippen LogP contribution in [0.15, 0.2) is 42.5 Å². The Hall–Kier alpha value is -1.92. The van der Waals surface area contributed by atoms with Gasteiger partial charge >= 0.3 is 0 Å². The van der Waals surface area contributed by atoms with Crippen LogP contribution in [-0.4, -0.2) is 19.4 Å². The van der Waals surface area contributed by atoms with E-state index in [9.17, 15) is 12.8 Å². The molecule has 0 aromatic heterocycles. The molecular formula is C18H21FN2O2S. The lowest BCUT2D eigenvalue weighted by molar-refractivity contribution is 0.227. The maximum absolute atomic E-state index is 13.7. The summed E-state index contributed by atoms with van der Waals surface area (Å²) >= 11 is 0. The minimum Gasteiger partial charge on any atom is -0.292 e. The Kier molecular flexibility index (Phi) is 4.60. The van der Waals surface area contributed by atoms with Crippen LogP contribution >= 0.6 is 0 Å². The third-order valence-electron chi connectivity index (χ3n) is 4.31. The van der Waals surface area contributed by atoms with Gasteiger partial charge in [-0.2, -0.15) is 0 Å². The van der Waals surface area contributed by atoms with Crippen LogP contribution in [0.3, 0.4) is 0 Å². The molecular weight excluding hydrogens is 327 g/mol. The van der Waals surface area contributed by atoms with E-state index in [0.29, 0.717) is 18.3 Å². The maximum Gasteiger partial charge on any atom is 0.237 e. The quantitative estimate of drug-likeness (QED) is 0.900. The van der Waals surface area contributed by atoms with Crippen LogP contribution in [0.1, 0.15) is 30.5 Å². The topological polar surface area (TPSA) is 49.4 Å². The lowest BCUT2D eigenvalue weighted by atomic mass is 10.1. The Morgan fingerprint density at radius 2 is 1.88 bits per heavy atom. The number of nitrogens with zero attached hydrogens (tertiary/aromatic N) is 1. The normalized spacial score (nSPS) is 14.8. The lowest BCUT2D eigenvalue weighted by Crippen LogP contribution is -2.24. The van der Waals surface area contributed by atoms with Crippen LogP contribution in [0.4, 0.5) is 10.1 Å². The lowest BCUT2D eigenvalue weighted by Gasteiger charge is -2.19. The van der Waals surface area contributed by atoms with Gasteiger partial charge in [0.25, 0.3) is 0 Å². The molecule has 3 rings (SSSR count). The SMILES string of the molecule is CC(C)N1Cc2cccc(NS(=O)(=O)Cc3ccccc3F)c2C1. The van der Waals surface area contributed by atoms with Crippen molar-refractivity contribution in [1.82, 2.24) is 4.90 Å². The molecule has 4 nitrogen and oxygen atoms in total. The van der Waals surface area contributed by atoms with Gasteiger partial charge in [-0.15, -0.1) is 0 Å². The molecule has 1 aliphatic rings.